The van der Waals surface area contributed by atoms with Crippen molar-refractivity contribution in [2.75, 3.05) is 32.7 Å². The fourth-order valence-corrected chi connectivity index (χ4v) is 3.30. The first-order valence-electron chi connectivity index (χ1n) is 8.11. The third kappa shape index (κ3) is 3.96. The van der Waals surface area contributed by atoms with Crippen molar-refractivity contribution in [1.82, 2.24) is 15.1 Å². The van der Waals surface area contributed by atoms with Gasteiger partial charge in [-0.05, 0) is 32.6 Å². The molecule has 1 N–H and O–H groups in total. The summed E-state index contributed by atoms with van der Waals surface area (Å²) in [5, 5.41) is 3.66. The Kier molecular flexibility index (Phi) is 6.87. The van der Waals surface area contributed by atoms with Crippen LogP contribution < -0.4 is 5.32 Å². The van der Waals surface area contributed by atoms with E-state index in [1.54, 1.807) is 0 Å². The van der Waals surface area contributed by atoms with E-state index in [0.29, 0.717) is 0 Å². The van der Waals surface area contributed by atoms with Gasteiger partial charge in [0, 0.05) is 18.7 Å². The molecule has 3 heteroatoms. The highest BCUT2D eigenvalue weighted by molar-refractivity contribution is 5.20. The lowest BCUT2D eigenvalue weighted by Gasteiger charge is -2.50. The van der Waals surface area contributed by atoms with Crippen molar-refractivity contribution in [2.24, 2.45) is 0 Å². The average Bonchev–Trinajstić information content (AvgIpc) is 3.23. The summed E-state index contributed by atoms with van der Waals surface area (Å²) in [5.41, 5.74) is 1.60. The lowest BCUT2D eigenvalue weighted by molar-refractivity contribution is -0.0545. The Bertz CT molecular complexity index is 266. The number of nitrogens with one attached hydrogen (secondary N) is 1. The molecule has 0 aromatic rings. The lowest BCUT2D eigenvalue weighted by Crippen LogP contribution is -2.65. The summed E-state index contributed by atoms with van der Waals surface area (Å²) in [6.45, 7) is 17.0. The maximum absolute atomic E-state index is 3.66. The number of hydrogen-bond donors (Lipinski definition) is 1. The van der Waals surface area contributed by atoms with Gasteiger partial charge in [0.25, 0.3) is 0 Å². The topological polar surface area (TPSA) is 18.5 Å². The van der Waals surface area contributed by atoms with Crippen LogP contribution in [0.2, 0.25) is 0 Å². The average molecular weight is 267 g/mol. The summed E-state index contributed by atoms with van der Waals surface area (Å²) >= 11 is 0. The molecule has 0 aliphatic heterocycles. The zero-order valence-corrected chi connectivity index (χ0v) is 13.6. The predicted molar refractivity (Wildman–Crippen MR) is 84.2 cm³/mol. The van der Waals surface area contributed by atoms with Crippen molar-refractivity contribution in [3.05, 3.63) is 11.8 Å². The van der Waals surface area contributed by atoms with Crippen LogP contribution in [0.1, 0.15) is 53.9 Å². The largest absolute Gasteiger partial charge is 0.385 e. The standard InChI is InChI=1S/C16H33N3/c1-6-13-16(18(7-2)8-3,19(9-4)10-5)14-17-15-11-12-15/h11,17H,6-10,12-14H2,1-5H3. The second-order valence-electron chi connectivity index (χ2n) is 5.36. The molecule has 0 saturated heterocycles. The summed E-state index contributed by atoms with van der Waals surface area (Å²) in [7, 11) is 0. The molecule has 1 aliphatic rings. The fraction of sp³-hybridized carbons (Fsp3) is 0.875. The highest BCUT2D eigenvalue weighted by atomic mass is 15.4. The van der Waals surface area contributed by atoms with E-state index >= 15 is 0 Å². The molecule has 0 atom stereocenters. The Balaban J connectivity index is 2.93. The molecule has 1 rings (SSSR count). The van der Waals surface area contributed by atoms with E-state index in [1.165, 1.54) is 25.0 Å². The van der Waals surface area contributed by atoms with Gasteiger partial charge in [-0.15, -0.1) is 0 Å². The zero-order chi connectivity index (χ0) is 14.3. The number of hydrogen-bond acceptors (Lipinski definition) is 3. The predicted octanol–water partition coefficient (Wildman–Crippen LogP) is 3.04. The summed E-state index contributed by atoms with van der Waals surface area (Å²) < 4.78 is 0. The Morgan fingerprint density at radius 2 is 1.47 bits per heavy atom. The van der Waals surface area contributed by atoms with E-state index in [4.69, 9.17) is 0 Å². The SMILES string of the molecule is CCCC(CNC1=CC1)(N(CC)CC)N(CC)CC. The van der Waals surface area contributed by atoms with Crippen LogP contribution in [0.15, 0.2) is 11.8 Å². The maximum atomic E-state index is 3.66. The molecule has 0 saturated carbocycles. The highest BCUT2D eigenvalue weighted by Gasteiger charge is 2.39. The van der Waals surface area contributed by atoms with Gasteiger partial charge in [0.05, 0.1) is 5.66 Å². The minimum atomic E-state index is 0.172. The number of nitrogens with zero attached hydrogens (tertiary/aromatic N) is 2. The van der Waals surface area contributed by atoms with Crippen LogP contribution in [0.4, 0.5) is 0 Å². The number of likely N-dealkylation sites (N-methyl/N-ethyl adjacent to an activating group) is 2. The van der Waals surface area contributed by atoms with Gasteiger partial charge in [-0.25, -0.2) is 0 Å². The Morgan fingerprint density at radius 1 is 1.00 bits per heavy atom. The molecular formula is C16H33N3. The molecule has 0 radical (unpaired) electrons. The molecule has 0 aromatic heterocycles. The van der Waals surface area contributed by atoms with E-state index < -0.39 is 0 Å². The van der Waals surface area contributed by atoms with Gasteiger partial charge in [0.15, 0.2) is 0 Å². The van der Waals surface area contributed by atoms with Gasteiger partial charge in [-0.2, -0.15) is 0 Å². The van der Waals surface area contributed by atoms with Crippen molar-refractivity contribution >= 4 is 0 Å². The van der Waals surface area contributed by atoms with Gasteiger partial charge < -0.3 is 5.32 Å². The van der Waals surface area contributed by atoms with Gasteiger partial charge in [-0.3, -0.25) is 9.80 Å². The molecule has 112 valence electrons. The summed E-state index contributed by atoms with van der Waals surface area (Å²) in [4.78, 5) is 5.28. The second kappa shape index (κ2) is 7.91. The zero-order valence-electron chi connectivity index (χ0n) is 13.6. The van der Waals surface area contributed by atoms with Gasteiger partial charge in [-0.1, -0.05) is 47.1 Å². The molecule has 0 aromatic carbocycles. The van der Waals surface area contributed by atoms with E-state index in [9.17, 15) is 0 Å². The summed E-state index contributed by atoms with van der Waals surface area (Å²) in [6, 6.07) is 0. The molecule has 3 nitrogen and oxygen atoms in total. The molecule has 0 unspecified atom stereocenters. The lowest BCUT2D eigenvalue weighted by atomic mass is 9.98. The van der Waals surface area contributed by atoms with Crippen LogP contribution in [-0.2, 0) is 0 Å². The monoisotopic (exact) mass is 267 g/mol. The quantitative estimate of drug-likeness (QED) is 0.581. The molecular weight excluding hydrogens is 234 g/mol. The van der Waals surface area contributed by atoms with Crippen LogP contribution in [0.5, 0.6) is 0 Å². The molecule has 1 aliphatic carbocycles. The van der Waals surface area contributed by atoms with E-state index in [0.717, 1.165) is 32.7 Å². The van der Waals surface area contributed by atoms with E-state index in [2.05, 4.69) is 55.8 Å². The molecule has 0 amide bonds. The van der Waals surface area contributed by atoms with Crippen molar-refractivity contribution in [1.29, 1.82) is 0 Å². The molecule has 0 spiro atoms. The van der Waals surface area contributed by atoms with Gasteiger partial charge in [0.1, 0.15) is 0 Å². The second-order valence-corrected chi connectivity index (χ2v) is 5.36. The van der Waals surface area contributed by atoms with Crippen LogP contribution in [-0.4, -0.2) is 48.2 Å². The first kappa shape index (κ1) is 16.5. The van der Waals surface area contributed by atoms with Gasteiger partial charge >= 0.3 is 0 Å². The first-order chi connectivity index (χ1) is 9.18. The number of rotatable bonds is 11. The van der Waals surface area contributed by atoms with Crippen LogP contribution in [0, 0.1) is 0 Å². The van der Waals surface area contributed by atoms with Crippen LogP contribution in [0.25, 0.3) is 0 Å². The van der Waals surface area contributed by atoms with Crippen molar-refractivity contribution in [2.45, 2.75) is 59.5 Å². The Hall–Kier alpha value is -0.540. The van der Waals surface area contributed by atoms with E-state index in [-0.39, 0.29) is 5.66 Å². The molecule has 0 heterocycles. The number of allylic oxidation sites excluding steroid dienone is 2. The van der Waals surface area contributed by atoms with Crippen molar-refractivity contribution < 1.29 is 0 Å². The van der Waals surface area contributed by atoms with Crippen LogP contribution in [0.3, 0.4) is 0 Å². The minimum Gasteiger partial charge on any atom is -0.385 e. The Morgan fingerprint density at radius 3 is 1.79 bits per heavy atom. The van der Waals surface area contributed by atoms with Gasteiger partial charge in [0.2, 0.25) is 0 Å². The highest BCUT2D eigenvalue weighted by Crippen LogP contribution is 2.27. The normalized spacial score (nSPS) is 15.0. The third-order valence-electron chi connectivity index (χ3n) is 4.36. The maximum Gasteiger partial charge on any atom is 0.0914 e. The Labute approximate surface area is 120 Å². The van der Waals surface area contributed by atoms with E-state index in [1.807, 2.05) is 0 Å². The summed E-state index contributed by atoms with van der Waals surface area (Å²) in [6.07, 6.45) is 5.91. The van der Waals surface area contributed by atoms with Crippen LogP contribution >= 0.6 is 0 Å². The van der Waals surface area contributed by atoms with Crippen molar-refractivity contribution in [3.8, 4) is 0 Å². The molecule has 19 heavy (non-hydrogen) atoms. The fourth-order valence-electron chi connectivity index (χ4n) is 3.30. The molecule has 0 bridgehead atoms. The van der Waals surface area contributed by atoms with Crippen molar-refractivity contribution in [3.63, 3.8) is 0 Å². The minimum absolute atomic E-state index is 0.172. The summed E-state index contributed by atoms with van der Waals surface area (Å²) in [5.74, 6) is 0. The molecule has 0 fully saturated rings. The smallest absolute Gasteiger partial charge is 0.0914 e. The third-order valence-corrected chi connectivity index (χ3v) is 4.36. The first-order valence-corrected chi connectivity index (χ1v) is 8.11.